The Bertz CT molecular complexity index is 1880. The van der Waals surface area contributed by atoms with E-state index in [1.807, 2.05) is 0 Å². The molecule has 4 aromatic rings. The number of carboxylic acids is 1. The number of nitrogens with one attached hydrogen (secondary N) is 1. The van der Waals surface area contributed by atoms with Gasteiger partial charge in [0.05, 0.1) is 27.9 Å². The van der Waals surface area contributed by atoms with E-state index in [-0.39, 0.29) is 51.0 Å². The summed E-state index contributed by atoms with van der Waals surface area (Å²) in [7, 11) is -4.07. The summed E-state index contributed by atoms with van der Waals surface area (Å²) in [6.45, 7) is 0.199. The van der Waals surface area contributed by atoms with E-state index in [1.54, 1.807) is 12.1 Å². The first-order valence-electron chi connectivity index (χ1n) is 13.4. The first-order valence-corrected chi connectivity index (χ1v) is 15.7. The fraction of sp³-hybridized carbons (Fsp3) is 0.233. The number of aromatic nitrogens is 1. The maximum Gasteiger partial charge on any atom is 0.338 e. The van der Waals surface area contributed by atoms with Gasteiger partial charge in [-0.15, -0.1) is 11.3 Å². The van der Waals surface area contributed by atoms with Crippen LogP contribution in [0.2, 0.25) is 0 Å². The summed E-state index contributed by atoms with van der Waals surface area (Å²) in [5.74, 6) is -4.37. The Morgan fingerprint density at radius 3 is 2.47 bits per heavy atom. The minimum Gasteiger partial charge on any atom is -0.478 e. The van der Waals surface area contributed by atoms with Crippen molar-refractivity contribution in [2.75, 3.05) is 6.54 Å². The van der Waals surface area contributed by atoms with Crippen molar-refractivity contribution >= 4 is 33.2 Å². The molecule has 0 aliphatic carbocycles. The number of sulfonamides is 1. The van der Waals surface area contributed by atoms with Gasteiger partial charge in [0.25, 0.3) is 5.91 Å². The lowest BCUT2D eigenvalue weighted by molar-refractivity contribution is 0.0695. The SMILES string of the molecule is O=C(NCc1ccc(F)c(F)c1)c1ccc(-c2c(C(=O)O)c(CCc3ccc(F)cc3)nc3c2S(=O)(=O)N2CCCC32)s1. The molecule has 2 N–H and O–H groups in total. The topological polar surface area (TPSA) is 117 Å². The molecule has 2 aliphatic heterocycles. The van der Waals surface area contributed by atoms with Crippen LogP contribution in [0.3, 0.4) is 0 Å². The van der Waals surface area contributed by atoms with Crippen LogP contribution < -0.4 is 5.32 Å². The summed E-state index contributed by atoms with van der Waals surface area (Å²) in [6, 6.07) is 11.5. The number of carbonyl (C=O) groups is 2. The van der Waals surface area contributed by atoms with Crippen molar-refractivity contribution in [2.45, 2.75) is 43.2 Å². The number of aromatic carboxylic acids is 1. The number of hydrogen-bond acceptors (Lipinski definition) is 6. The first kappa shape index (κ1) is 29.0. The highest BCUT2D eigenvalue weighted by Crippen LogP contribution is 2.50. The van der Waals surface area contributed by atoms with Gasteiger partial charge in [0, 0.05) is 23.5 Å². The van der Waals surface area contributed by atoms with Crippen molar-refractivity contribution in [3.8, 4) is 10.4 Å². The van der Waals surface area contributed by atoms with Crippen molar-refractivity contribution in [3.05, 3.63) is 105 Å². The maximum absolute atomic E-state index is 13.7. The van der Waals surface area contributed by atoms with Gasteiger partial charge in [-0.2, -0.15) is 4.31 Å². The molecule has 13 heteroatoms. The molecule has 2 aromatic heterocycles. The molecule has 6 rings (SSSR count). The molecule has 4 heterocycles. The number of amides is 1. The molecule has 0 spiro atoms. The Labute approximate surface area is 248 Å². The largest absolute Gasteiger partial charge is 0.478 e. The van der Waals surface area contributed by atoms with Gasteiger partial charge in [0.15, 0.2) is 11.6 Å². The molecule has 0 saturated carbocycles. The van der Waals surface area contributed by atoms with Crippen molar-refractivity contribution in [3.63, 3.8) is 0 Å². The fourth-order valence-corrected chi connectivity index (χ4v) is 8.72. The molecular formula is C30H24F3N3O5S2. The zero-order valence-electron chi connectivity index (χ0n) is 22.4. The second kappa shape index (κ2) is 11.2. The zero-order chi connectivity index (χ0) is 30.5. The van der Waals surface area contributed by atoms with E-state index in [0.29, 0.717) is 30.5 Å². The molecule has 1 saturated heterocycles. The van der Waals surface area contributed by atoms with E-state index >= 15 is 0 Å². The highest BCUT2D eigenvalue weighted by molar-refractivity contribution is 7.89. The molecule has 2 aliphatic rings. The third-order valence-corrected chi connectivity index (χ3v) is 10.7. The lowest BCUT2D eigenvalue weighted by Crippen LogP contribution is -2.23. The van der Waals surface area contributed by atoms with Gasteiger partial charge in [-0.05, 0) is 73.2 Å². The molecule has 222 valence electrons. The van der Waals surface area contributed by atoms with Gasteiger partial charge in [-0.25, -0.2) is 26.4 Å². The predicted molar refractivity (Wildman–Crippen MR) is 152 cm³/mol. The number of fused-ring (bicyclic) bond motifs is 3. The molecule has 8 nitrogen and oxygen atoms in total. The molecule has 2 aromatic carbocycles. The van der Waals surface area contributed by atoms with Crippen LogP contribution in [0.15, 0.2) is 59.5 Å². The van der Waals surface area contributed by atoms with Crippen LogP contribution in [0.1, 0.15) is 61.4 Å². The summed E-state index contributed by atoms with van der Waals surface area (Å²) in [4.78, 5) is 30.6. The molecule has 0 radical (unpaired) electrons. The monoisotopic (exact) mass is 627 g/mol. The Balaban J connectivity index is 1.40. The summed E-state index contributed by atoms with van der Waals surface area (Å²) in [6.07, 6.45) is 1.69. The minimum atomic E-state index is -4.07. The number of nitrogens with zero attached hydrogens (tertiary/aromatic N) is 2. The van der Waals surface area contributed by atoms with Gasteiger partial charge < -0.3 is 10.4 Å². The number of aryl methyl sites for hydroxylation is 2. The molecule has 1 amide bonds. The van der Waals surface area contributed by atoms with Crippen LogP contribution in [-0.4, -0.2) is 41.2 Å². The molecule has 43 heavy (non-hydrogen) atoms. The smallest absolute Gasteiger partial charge is 0.338 e. The molecule has 1 fully saturated rings. The third-order valence-electron chi connectivity index (χ3n) is 7.63. The number of thiophene rings is 1. The van der Waals surface area contributed by atoms with E-state index in [0.717, 1.165) is 29.0 Å². The quantitative estimate of drug-likeness (QED) is 0.267. The molecule has 1 unspecified atom stereocenters. The van der Waals surface area contributed by atoms with Crippen LogP contribution >= 0.6 is 11.3 Å². The van der Waals surface area contributed by atoms with Gasteiger partial charge in [0.2, 0.25) is 10.0 Å². The molecular weight excluding hydrogens is 603 g/mol. The standard InChI is InChI=1S/C30H24F3N3O5S2/c31-18-7-3-16(4-8-18)6-10-21-25(30(38)39)26(28-27(35-21)22-2-1-13-36(22)43(28,40)41)23-11-12-24(42-23)29(37)34-15-17-5-9-19(32)20(33)14-17/h3-5,7-9,11-12,14,22H,1-2,6,10,13,15H2,(H,34,37)(H,38,39). The number of halogens is 3. The second-order valence-corrected chi connectivity index (χ2v) is 13.2. The number of pyridine rings is 1. The third kappa shape index (κ3) is 5.32. The Morgan fingerprint density at radius 2 is 1.74 bits per heavy atom. The lowest BCUT2D eigenvalue weighted by Gasteiger charge is -2.15. The van der Waals surface area contributed by atoms with Gasteiger partial charge in [0.1, 0.15) is 10.7 Å². The van der Waals surface area contributed by atoms with Crippen LogP contribution in [0.4, 0.5) is 13.2 Å². The highest BCUT2D eigenvalue weighted by Gasteiger charge is 2.49. The fourth-order valence-electron chi connectivity index (χ4n) is 5.62. The number of rotatable bonds is 8. The predicted octanol–water partition coefficient (Wildman–Crippen LogP) is 5.48. The first-order chi connectivity index (χ1) is 20.5. The summed E-state index contributed by atoms with van der Waals surface area (Å²) >= 11 is 0.924. The Morgan fingerprint density at radius 1 is 1.00 bits per heavy atom. The van der Waals surface area contributed by atoms with Crippen LogP contribution in [-0.2, 0) is 29.4 Å². The number of carboxylic acid groups (broad SMARTS) is 1. The van der Waals surface area contributed by atoms with Crippen LogP contribution in [0.5, 0.6) is 0 Å². The van der Waals surface area contributed by atoms with E-state index in [9.17, 15) is 36.3 Å². The summed E-state index contributed by atoms with van der Waals surface area (Å²) < 4.78 is 69.1. The average Bonchev–Trinajstić information content (AvgIpc) is 3.71. The highest BCUT2D eigenvalue weighted by atomic mass is 32.2. The normalized spacial score (nSPS) is 17.0. The van der Waals surface area contributed by atoms with Crippen LogP contribution in [0.25, 0.3) is 10.4 Å². The van der Waals surface area contributed by atoms with E-state index in [4.69, 9.17) is 0 Å². The molecule has 1 atom stereocenters. The van der Waals surface area contributed by atoms with Crippen molar-refractivity contribution in [2.24, 2.45) is 0 Å². The Kier molecular flexibility index (Phi) is 7.57. The Hall–Kier alpha value is -4.07. The van der Waals surface area contributed by atoms with Crippen molar-refractivity contribution in [1.29, 1.82) is 0 Å². The van der Waals surface area contributed by atoms with Gasteiger partial charge >= 0.3 is 5.97 Å². The maximum atomic E-state index is 13.7. The molecule has 0 bridgehead atoms. The van der Waals surface area contributed by atoms with Crippen molar-refractivity contribution < 1.29 is 36.3 Å². The van der Waals surface area contributed by atoms with Crippen molar-refractivity contribution in [1.82, 2.24) is 14.6 Å². The van der Waals surface area contributed by atoms with Gasteiger partial charge in [-0.1, -0.05) is 18.2 Å². The minimum absolute atomic E-state index is 0.00865. The second-order valence-electron chi connectivity index (χ2n) is 10.3. The summed E-state index contributed by atoms with van der Waals surface area (Å²) in [5, 5.41) is 13.0. The number of benzene rings is 2. The van der Waals surface area contributed by atoms with Gasteiger partial charge in [-0.3, -0.25) is 9.78 Å². The number of carbonyl (C=O) groups excluding carboxylic acids is 1. The zero-order valence-corrected chi connectivity index (χ0v) is 24.1. The lowest BCUT2D eigenvalue weighted by atomic mass is 9.97. The number of hydrogen-bond donors (Lipinski definition) is 2. The van der Waals surface area contributed by atoms with Crippen LogP contribution in [0, 0.1) is 17.5 Å². The van der Waals surface area contributed by atoms with E-state index in [2.05, 4.69) is 10.3 Å². The average molecular weight is 628 g/mol. The summed E-state index contributed by atoms with van der Waals surface area (Å²) in [5.41, 5.74) is 1.32. The van der Waals surface area contributed by atoms with E-state index < -0.39 is 45.4 Å². The van der Waals surface area contributed by atoms with E-state index in [1.165, 1.54) is 34.6 Å².